The summed E-state index contributed by atoms with van der Waals surface area (Å²) in [6.45, 7) is 0.790. The van der Waals surface area contributed by atoms with Crippen LogP contribution in [0.4, 0.5) is 4.39 Å². The van der Waals surface area contributed by atoms with E-state index in [9.17, 15) is 4.39 Å². The Morgan fingerprint density at radius 3 is 2.23 bits per heavy atom. The Morgan fingerprint density at radius 2 is 1.50 bits per heavy atom. The summed E-state index contributed by atoms with van der Waals surface area (Å²) in [5.74, 6) is 1.23. The molecule has 1 nitrogen and oxygen atoms in total. The molecule has 0 unspecified atom stereocenters. The zero-order chi connectivity index (χ0) is 20.3. The highest BCUT2D eigenvalue weighted by Crippen LogP contribution is 2.38. The molecule has 2 saturated carbocycles. The number of rotatable bonds is 6. The lowest BCUT2D eigenvalue weighted by atomic mass is 9.95. The average molecular weight is 421 g/mol. The van der Waals surface area contributed by atoms with Crippen molar-refractivity contribution in [3.8, 4) is 26.6 Å². The van der Waals surface area contributed by atoms with Crippen LogP contribution in [0.5, 0.6) is 5.06 Å². The molecule has 30 heavy (non-hydrogen) atoms. The molecule has 0 N–H and O–H groups in total. The summed E-state index contributed by atoms with van der Waals surface area (Å²) in [6.07, 6.45) is 10.5. The summed E-state index contributed by atoms with van der Waals surface area (Å²) in [4.78, 5) is 0.928. The highest BCUT2D eigenvalue weighted by molar-refractivity contribution is 7.17. The van der Waals surface area contributed by atoms with Gasteiger partial charge in [0.15, 0.2) is 5.06 Å². The Kier molecular flexibility index (Phi) is 5.90. The van der Waals surface area contributed by atoms with Crippen LogP contribution in [0, 0.1) is 11.7 Å². The molecule has 0 saturated heterocycles. The summed E-state index contributed by atoms with van der Waals surface area (Å²) in [7, 11) is 0. The van der Waals surface area contributed by atoms with Gasteiger partial charge < -0.3 is 4.74 Å². The molecule has 5 rings (SSSR count). The molecule has 2 aliphatic rings. The maximum Gasteiger partial charge on any atom is 0.174 e. The molecule has 1 aromatic heterocycles. The maximum absolute atomic E-state index is 15.0. The van der Waals surface area contributed by atoms with E-state index in [4.69, 9.17) is 4.74 Å². The molecular weight excluding hydrogens is 391 g/mol. The van der Waals surface area contributed by atoms with Gasteiger partial charge in [-0.3, -0.25) is 0 Å². The molecule has 2 fully saturated rings. The van der Waals surface area contributed by atoms with Gasteiger partial charge in [0, 0.05) is 10.4 Å². The topological polar surface area (TPSA) is 9.23 Å². The van der Waals surface area contributed by atoms with Gasteiger partial charge in [-0.25, -0.2) is 4.39 Å². The Morgan fingerprint density at radius 1 is 0.800 bits per heavy atom. The molecule has 156 valence electrons. The molecular formula is C27H29FOS. The van der Waals surface area contributed by atoms with Gasteiger partial charge >= 0.3 is 0 Å². The lowest BCUT2D eigenvalue weighted by Gasteiger charge is -2.11. The summed E-state index contributed by atoms with van der Waals surface area (Å²) in [5.41, 5.74) is 4.09. The standard InChI is InChI=1S/C27H29FOS/c28-25-17-23(22-11-9-21(10-12-22)20-7-3-4-8-20)13-14-24(25)26-15-16-27(30-26)29-18-19-5-1-2-6-19/h9-17,19-20H,1-8,18H2. The second kappa shape index (κ2) is 8.93. The maximum atomic E-state index is 15.0. The molecule has 3 aromatic rings. The fraction of sp³-hybridized carbons (Fsp3) is 0.407. The third-order valence-electron chi connectivity index (χ3n) is 6.82. The quantitative estimate of drug-likeness (QED) is 0.389. The van der Waals surface area contributed by atoms with Gasteiger partial charge in [-0.2, -0.15) is 0 Å². The van der Waals surface area contributed by atoms with Crippen molar-refractivity contribution in [3.63, 3.8) is 0 Å². The van der Waals surface area contributed by atoms with E-state index >= 15 is 0 Å². The zero-order valence-corrected chi connectivity index (χ0v) is 18.2. The van der Waals surface area contributed by atoms with Crippen LogP contribution in [0.2, 0.25) is 0 Å². The number of halogens is 1. The molecule has 3 heteroatoms. The Labute approximate surface area is 182 Å². The van der Waals surface area contributed by atoms with E-state index < -0.39 is 0 Å². The van der Waals surface area contributed by atoms with Crippen LogP contribution < -0.4 is 4.74 Å². The summed E-state index contributed by atoms with van der Waals surface area (Å²) in [6, 6.07) is 18.3. The Balaban J connectivity index is 1.28. The van der Waals surface area contributed by atoms with Crippen LogP contribution >= 0.6 is 11.3 Å². The summed E-state index contributed by atoms with van der Waals surface area (Å²) in [5, 5.41) is 0.892. The molecule has 0 amide bonds. The van der Waals surface area contributed by atoms with E-state index in [-0.39, 0.29) is 5.82 Å². The minimum atomic E-state index is -0.170. The van der Waals surface area contributed by atoms with Crippen LogP contribution in [-0.4, -0.2) is 6.61 Å². The van der Waals surface area contributed by atoms with E-state index in [0.717, 1.165) is 27.7 Å². The van der Waals surface area contributed by atoms with E-state index in [1.54, 1.807) is 6.07 Å². The van der Waals surface area contributed by atoms with Crippen molar-refractivity contribution in [1.29, 1.82) is 0 Å². The van der Waals surface area contributed by atoms with Crippen molar-refractivity contribution < 1.29 is 9.13 Å². The lowest BCUT2D eigenvalue weighted by molar-refractivity contribution is 0.259. The van der Waals surface area contributed by atoms with Crippen molar-refractivity contribution in [3.05, 3.63) is 66.0 Å². The number of benzene rings is 2. The fourth-order valence-corrected chi connectivity index (χ4v) is 5.91. The number of hydrogen-bond acceptors (Lipinski definition) is 2. The van der Waals surface area contributed by atoms with Crippen molar-refractivity contribution in [2.24, 2.45) is 5.92 Å². The van der Waals surface area contributed by atoms with Crippen molar-refractivity contribution in [2.75, 3.05) is 6.61 Å². The van der Waals surface area contributed by atoms with E-state index in [2.05, 4.69) is 24.3 Å². The largest absolute Gasteiger partial charge is 0.484 e. The molecule has 0 bridgehead atoms. The molecule has 0 atom stereocenters. The summed E-state index contributed by atoms with van der Waals surface area (Å²) >= 11 is 1.54. The second-order valence-electron chi connectivity index (χ2n) is 8.88. The first-order chi connectivity index (χ1) is 14.8. The van der Waals surface area contributed by atoms with Crippen LogP contribution in [0.15, 0.2) is 54.6 Å². The third kappa shape index (κ3) is 4.32. The van der Waals surface area contributed by atoms with Gasteiger partial charge in [-0.1, -0.05) is 67.4 Å². The number of ether oxygens (including phenoxy) is 1. The second-order valence-corrected chi connectivity index (χ2v) is 9.92. The Bertz CT molecular complexity index is 978. The van der Waals surface area contributed by atoms with Gasteiger partial charge in [0.1, 0.15) is 5.82 Å². The first-order valence-electron chi connectivity index (χ1n) is 11.4. The molecule has 0 spiro atoms. The monoisotopic (exact) mass is 420 g/mol. The van der Waals surface area contributed by atoms with E-state index in [1.165, 1.54) is 68.3 Å². The van der Waals surface area contributed by atoms with Gasteiger partial charge in [0.2, 0.25) is 0 Å². The highest BCUT2D eigenvalue weighted by atomic mass is 32.1. The van der Waals surface area contributed by atoms with Crippen LogP contribution in [0.3, 0.4) is 0 Å². The van der Waals surface area contributed by atoms with Gasteiger partial charge in [-0.05, 0) is 78.5 Å². The van der Waals surface area contributed by atoms with Crippen LogP contribution in [0.1, 0.15) is 62.8 Å². The highest BCUT2D eigenvalue weighted by Gasteiger charge is 2.18. The van der Waals surface area contributed by atoms with Crippen LogP contribution in [-0.2, 0) is 0 Å². The molecule has 0 radical (unpaired) electrons. The predicted molar refractivity (Wildman–Crippen MR) is 124 cm³/mol. The number of thiophene rings is 1. The third-order valence-corrected chi connectivity index (χ3v) is 7.85. The number of hydrogen-bond donors (Lipinski definition) is 0. The van der Waals surface area contributed by atoms with E-state index in [1.807, 2.05) is 24.3 Å². The zero-order valence-electron chi connectivity index (χ0n) is 17.4. The van der Waals surface area contributed by atoms with Crippen LogP contribution in [0.25, 0.3) is 21.6 Å². The average Bonchev–Trinajstić information content (AvgIpc) is 3.55. The van der Waals surface area contributed by atoms with E-state index in [0.29, 0.717) is 17.4 Å². The molecule has 1 heterocycles. The van der Waals surface area contributed by atoms with Gasteiger partial charge in [0.05, 0.1) is 6.61 Å². The fourth-order valence-electron chi connectivity index (χ4n) is 5.02. The smallest absolute Gasteiger partial charge is 0.174 e. The minimum absolute atomic E-state index is 0.170. The van der Waals surface area contributed by atoms with Gasteiger partial charge in [0.25, 0.3) is 0 Å². The van der Waals surface area contributed by atoms with Crippen molar-refractivity contribution in [1.82, 2.24) is 0 Å². The van der Waals surface area contributed by atoms with Crippen molar-refractivity contribution in [2.45, 2.75) is 57.3 Å². The van der Waals surface area contributed by atoms with Crippen molar-refractivity contribution >= 4 is 11.3 Å². The molecule has 2 aromatic carbocycles. The SMILES string of the molecule is Fc1cc(-c2ccc(C3CCCC3)cc2)ccc1-c1ccc(OCC2CCCC2)s1. The lowest BCUT2D eigenvalue weighted by Crippen LogP contribution is -2.06. The first-order valence-corrected chi connectivity index (χ1v) is 12.2. The first kappa shape index (κ1) is 19.8. The normalized spacial score (nSPS) is 17.6. The molecule has 0 aliphatic heterocycles. The van der Waals surface area contributed by atoms with Gasteiger partial charge in [-0.15, -0.1) is 0 Å². The predicted octanol–water partition coefficient (Wildman–Crippen LogP) is 8.45. The molecule has 2 aliphatic carbocycles. The minimum Gasteiger partial charge on any atom is -0.484 e. The Hall–Kier alpha value is -2.13. The summed E-state index contributed by atoms with van der Waals surface area (Å²) < 4.78 is 20.9.